The van der Waals surface area contributed by atoms with Crippen LogP contribution in [0.4, 0.5) is 0 Å². The van der Waals surface area contributed by atoms with Crippen LogP contribution < -0.4 is 0 Å². The molecule has 1 saturated heterocycles. The average Bonchev–Trinajstić information content (AvgIpc) is 3.40. The maximum Gasteiger partial charge on any atom is 0.295 e. The van der Waals surface area contributed by atoms with E-state index in [2.05, 4.69) is 4.98 Å². The number of likely N-dealkylation sites (tertiary alicyclic amines) is 1. The van der Waals surface area contributed by atoms with Gasteiger partial charge in [0.2, 0.25) is 0 Å². The monoisotopic (exact) mass is 398 g/mol. The van der Waals surface area contributed by atoms with Crippen molar-refractivity contribution in [1.29, 1.82) is 0 Å². The predicted octanol–water partition coefficient (Wildman–Crippen LogP) is 4.60. The van der Waals surface area contributed by atoms with Crippen molar-refractivity contribution in [1.82, 2.24) is 9.88 Å². The summed E-state index contributed by atoms with van der Waals surface area (Å²) in [5.41, 5.74) is 1.49. The maximum atomic E-state index is 13.1. The highest BCUT2D eigenvalue weighted by Crippen LogP contribution is 2.43. The first kappa shape index (κ1) is 18.6. The van der Waals surface area contributed by atoms with Gasteiger partial charge in [-0.15, -0.1) is 0 Å². The van der Waals surface area contributed by atoms with Gasteiger partial charge in [-0.1, -0.05) is 49.2 Å². The number of aromatic nitrogens is 1. The molecule has 1 saturated carbocycles. The molecule has 2 fully saturated rings. The Balaban J connectivity index is 1.68. The number of hydrogen-bond donors (Lipinski definition) is 1. The molecule has 1 N–H and O–H groups in total. The van der Waals surface area contributed by atoms with Gasteiger partial charge in [-0.05, 0) is 47.4 Å². The Bertz CT molecular complexity index is 1160. The highest BCUT2D eigenvalue weighted by molar-refractivity contribution is 6.46. The standard InChI is InChI=1S/C25H22N2O3/c28-23(19-10-9-16-5-1-2-6-18(16)15-19)21-22(17-11-13-26-14-12-17)27(25(30)24(21)29)20-7-3-4-8-20/h1-2,5-6,9-15,20,22,28H,3-4,7-8H2/b23-21-. The van der Waals surface area contributed by atoms with E-state index in [1.54, 1.807) is 23.4 Å². The number of ketones is 1. The van der Waals surface area contributed by atoms with E-state index in [1.807, 2.05) is 48.5 Å². The summed E-state index contributed by atoms with van der Waals surface area (Å²) in [7, 11) is 0. The van der Waals surface area contributed by atoms with Crippen LogP contribution in [0.15, 0.2) is 72.6 Å². The Hall–Kier alpha value is -3.47. The first-order valence-electron chi connectivity index (χ1n) is 10.3. The van der Waals surface area contributed by atoms with Crippen molar-refractivity contribution in [2.45, 2.75) is 37.8 Å². The van der Waals surface area contributed by atoms with E-state index in [4.69, 9.17) is 0 Å². The molecule has 150 valence electrons. The molecule has 1 aliphatic carbocycles. The van der Waals surface area contributed by atoms with Gasteiger partial charge in [0.25, 0.3) is 11.7 Å². The van der Waals surface area contributed by atoms with Gasteiger partial charge in [0, 0.05) is 24.0 Å². The van der Waals surface area contributed by atoms with E-state index in [-0.39, 0.29) is 17.4 Å². The predicted molar refractivity (Wildman–Crippen MR) is 115 cm³/mol. The number of Topliss-reactive ketones (excluding diaryl/α,β-unsaturated/α-hetero) is 1. The van der Waals surface area contributed by atoms with E-state index in [0.29, 0.717) is 5.56 Å². The van der Waals surface area contributed by atoms with Crippen molar-refractivity contribution in [2.75, 3.05) is 0 Å². The van der Waals surface area contributed by atoms with Gasteiger partial charge in [-0.25, -0.2) is 0 Å². The molecule has 1 amide bonds. The summed E-state index contributed by atoms with van der Waals surface area (Å²) in [4.78, 5) is 31.9. The van der Waals surface area contributed by atoms with Crippen LogP contribution in [0.3, 0.4) is 0 Å². The topological polar surface area (TPSA) is 70.5 Å². The van der Waals surface area contributed by atoms with Gasteiger partial charge in [0.15, 0.2) is 0 Å². The van der Waals surface area contributed by atoms with Crippen LogP contribution in [0, 0.1) is 0 Å². The first-order chi connectivity index (χ1) is 14.6. The smallest absolute Gasteiger partial charge is 0.295 e. The molecular formula is C25H22N2O3. The summed E-state index contributed by atoms with van der Waals surface area (Å²) in [6, 6.07) is 16.5. The normalized spacial score (nSPS) is 21.6. The lowest BCUT2D eigenvalue weighted by Crippen LogP contribution is -2.37. The second kappa shape index (κ2) is 7.41. The van der Waals surface area contributed by atoms with Crippen LogP contribution in [0.1, 0.15) is 42.9 Å². The lowest BCUT2D eigenvalue weighted by Gasteiger charge is -2.30. The minimum Gasteiger partial charge on any atom is -0.507 e. The summed E-state index contributed by atoms with van der Waals surface area (Å²) < 4.78 is 0. The Morgan fingerprint density at radius 1 is 0.933 bits per heavy atom. The first-order valence-corrected chi connectivity index (χ1v) is 10.3. The molecule has 5 rings (SSSR count). The Morgan fingerprint density at radius 3 is 2.37 bits per heavy atom. The number of aliphatic hydroxyl groups excluding tert-OH is 1. The zero-order valence-electron chi connectivity index (χ0n) is 16.5. The second-order valence-electron chi connectivity index (χ2n) is 7.99. The van der Waals surface area contributed by atoms with Gasteiger partial charge < -0.3 is 10.0 Å². The number of benzene rings is 2. The molecule has 1 aliphatic heterocycles. The van der Waals surface area contributed by atoms with Crippen LogP contribution in [0.2, 0.25) is 0 Å². The van der Waals surface area contributed by atoms with Crippen LogP contribution in [-0.4, -0.2) is 32.7 Å². The molecule has 5 nitrogen and oxygen atoms in total. The molecule has 1 atom stereocenters. The fraction of sp³-hybridized carbons (Fsp3) is 0.240. The lowest BCUT2D eigenvalue weighted by atomic mass is 9.94. The second-order valence-corrected chi connectivity index (χ2v) is 7.99. The number of carbonyl (C=O) groups is 2. The Labute approximate surface area is 174 Å². The number of hydrogen-bond acceptors (Lipinski definition) is 4. The lowest BCUT2D eigenvalue weighted by molar-refractivity contribution is -0.141. The van der Waals surface area contributed by atoms with Crippen molar-refractivity contribution < 1.29 is 14.7 Å². The largest absolute Gasteiger partial charge is 0.507 e. The van der Waals surface area contributed by atoms with Crippen molar-refractivity contribution >= 4 is 28.2 Å². The van der Waals surface area contributed by atoms with E-state index >= 15 is 0 Å². The Kier molecular flexibility index (Phi) is 4.58. The molecule has 2 aliphatic rings. The van der Waals surface area contributed by atoms with E-state index in [9.17, 15) is 14.7 Å². The summed E-state index contributed by atoms with van der Waals surface area (Å²) >= 11 is 0. The highest BCUT2D eigenvalue weighted by Gasteiger charge is 2.49. The zero-order valence-corrected chi connectivity index (χ0v) is 16.5. The number of amides is 1. The summed E-state index contributed by atoms with van der Waals surface area (Å²) in [6.45, 7) is 0. The van der Waals surface area contributed by atoms with Gasteiger partial charge >= 0.3 is 0 Å². The molecule has 5 heteroatoms. The molecule has 2 heterocycles. The minimum absolute atomic E-state index is 0.0153. The number of fused-ring (bicyclic) bond motifs is 1. The molecule has 0 radical (unpaired) electrons. The van der Waals surface area contributed by atoms with Gasteiger partial charge in [-0.2, -0.15) is 0 Å². The fourth-order valence-electron chi connectivity index (χ4n) is 4.77. The summed E-state index contributed by atoms with van der Waals surface area (Å²) in [6.07, 6.45) is 7.15. The molecular weight excluding hydrogens is 376 g/mol. The third kappa shape index (κ3) is 2.98. The third-order valence-electron chi connectivity index (χ3n) is 6.24. The third-order valence-corrected chi connectivity index (χ3v) is 6.24. The highest BCUT2D eigenvalue weighted by atomic mass is 16.3. The van der Waals surface area contributed by atoms with Crippen molar-refractivity contribution in [2.24, 2.45) is 0 Å². The molecule has 2 aromatic carbocycles. The summed E-state index contributed by atoms with van der Waals surface area (Å²) in [5.74, 6) is -1.26. The van der Waals surface area contributed by atoms with Crippen molar-refractivity contribution in [3.8, 4) is 0 Å². The van der Waals surface area contributed by atoms with Crippen LogP contribution in [0.25, 0.3) is 16.5 Å². The molecule has 0 bridgehead atoms. The molecule has 3 aromatic rings. The summed E-state index contributed by atoms with van der Waals surface area (Å²) in [5, 5.41) is 13.2. The molecule has 30 heavy (non-hydrogen) atoms. The van der Waals surface area contributed by atoms with Crippen LogP contribution >= 0.6 is 0 Å². The molecule has 0 spiro atoms. The van der Waals surface area contributed by atoms with E-state index in [1.165, 1.54) is 0 Å². The quantitative estimate of drug-likeness (QED) is 0.398. The maximum absolute atomic E-state index is 13.1. The van der Waals surface area contributed by atoms with E-state index in [0.717, 1.165) is 42.0 Å². The molecule has 1 unspecified atom stereocenters. The fourth-order valence-corrected chi connectivity index (χ4v) is 4.77. The van der Waals surface area contributed by atoms with Gasteiger partial charge in [-0.3, -0.25) is 14.6 Å². The average molecular weight is 398 g/mol. The number of rotatable bonds is 3. The van der Waals surface area contributed by atoms with Crippen LogP contribution in [0.5, 0.6) is 0 Å². The van der Waals surface area contributed by atoms with Crippen LogP contribution in [-0.2, 0) is 9.59 Å². The number of carbonyl (C=O) groups excluding carboxylic acids is 2. The zero-order chi connectivity index (χ0) is 20.7. The van der Waals surface area contributed by atoms with Gasteiger partial charge in [0.1, 0.15) is 5.76 Å². The number of aliphatic hydroxyl groups is 1. The van der Waals surface area contributed by atoms with E-state index < -0.39 is 17.7 Å². The molecule has 1 aromatic heterocycles. The number of pyridine rings is 1. The van der Waals surface area contributed by atoms with Crippen molar-refractivity contribution in [3.05, 3.63) is 83.7 Å². The number of nitrogens with zero attached hydrogens (tertiary/aromatic N) is 2. The minimum atomic E-state index is -0.616. The van der Waals surface area contributed by atoms with Crippen molar-refractivity contribution in [3.63, 3.8) is 0 Å². The Morgan fingerprint density at radius 2 is 1.63 bits per heavy atom. The van der Waals surface area contributed by atoms with Gasteiger partial charge in [0.05, 0.1) is 11.6 Å². The SMILES string of the molecule is O=C1C(=O)N(C2CCCC2)C(c2ccncc2)/C1=C(/O)c1ccc2ccccc2c1.